The van der Waals surface area contributed by atoms with Crippen molar-refractivity contribution in [3.8, 4) is 0 Å². The lowest BCUT2D eigenvalue weighted by Crippen LogP contribution is -2.59. The number of nitrogens with zero attached hydrogens (tertiary/aromatic N) is 4. The quantitative estimate of drug-likeness (QED) is 0.581. The number of amides is 2. The van der Waals surface area contributed by atoms with E-state index in [0.717, 1.165) is 58.5 Å². The molecule has 8 nitrogen and oxygen atoms in total. The highest BCUT2D eigenvalue weighted by molar-refractivity contribution is 5.81. The molecule has 30 heavy (non-hydrogen) atoms. The van der Waals surface area contributed by atoms with Gasteiger partial charge in [-0.15, -0.1) is 0 Å². The van der Waals surface area contributed by atoms with Gasteiger partial charge in [-0.25, -0.2) is 0 Å². The minimum Gasteiger partial charge on any atom is -0.380 e. The number of morpholine rings is 1. The van der Waals surface area contributed by atoms with Crippen LogP contribution in [0.25, 0.3) is 0 Å². The van der Waals surface area contributed by atoms with Crippen LogP contribution in [-0.4, -0.2) is 123 Å². The van der Waals surface area contributed by atoms with Crippen LogP contribution in [0.15, 0.2) is 0 Å². The molecule has 4 fully saturated rings. The summed E-state index contributed by atoms with van der Waals surface area (Å²) in [6.45, 7) is 10.0. The number of hydrogen-bond acceptors (Lipinski definition) is 6. The first-order valence-corrected chi connectivity index (χ1v) is 11.5. The maximum Gasteiger partial charge on any atom is 0.228 e. The molecule has 4 saturated heterocycles. The molecule has 4 aliphatic heterocycles. The van der Waals surface area contributed by atoms with Crippen molar-refractivity contribution in [3.05, 3.63) is 0 Å². The van der Waals surface area contributed by atoms with E-state index >= 15 is 0 Å². The van der Waals surface area contributed by atoms with E-state index in [9.17, 15) is 9.59 Å². The first kappa shape index (κ1) is 22.0. The van der Waals surface area contributed by atoms with E-state index in [1.807, 2.05) is 16.8 Å². The summed E-state index contributed by atoms with van der Waals surface area (Å²) in [7, 11) is 3.82. The van der Waals surface area contributed by atoms with E-state index in [1.165, 1.54) is 0 Å². The van der Waals surface area contributed by atoms with E-state index in [0.29, 0.717) is 32.3 Å². The molecular weight excluding hydrogens is 384 g/mol. The fourth-order valence-electron chi connectivity index (χ4n) is 5.42. The number of rotatable bonds is 7. The van der Waals surface area contributed by atoms with Crippen LogP contribution in [-0.2, 0) is 19.1 Å². The topological polar surface area (TPSA) is 65.6 Å². The number of methoxy groups -OCH3 is 1. The van der Waals surface area contributed by atoms with Crippen molar-refractivity contribution in [2.75, 3.05) is 79.7 Å². The molecule has 0 bridgehead atoms. The van der Waals surface area contributed by atoms with E-state index in [-0.39, 0.29) is 29.3 Å². The van der Waals surface area contributed by atoms with Gasteiger partial charge in [-0.1, -0.05) is 0 Å². The van der Waals surface area contributed by atoms with Crippen LogP contribution in [0.2, 0.25) is 0 Å². The van der Waals surface area contributed by atoms with Crippen LogP contribution < -0.4 is 0 Å². The molecule has 0 N–H and O–H groups in total. The van der Waals surface area contributed by atoms with Gasteiger partial charge in [-0.3, -0.25) is 14.5 Å². The Bertz CT molecular complexity index is 641. The highest BCUT2D eigenvalue weighted by atomic mass is 16.5. The van der Waals surface area contributed by atoms with Crippen molar-refractivity contribution in [2.24, 2.45) is 11.8 Å². The van der Waals surface area contributed by atoms with Gasteiger partial charge in [0.2, 0.25) is 11.8 Å². The summed E-state index contributed by atoms with van der Waals surface area (Å²) in [4.78, 5) is 34.2. The largest absolute Gasteiger partial charge is 0.380 e. The molecule has 170 valence electrons. The molecule has 4 rings (SSSR count). The lowest BCUT2D eigenvalue weighted by molar-refractivity contribution is -0.158. The summed E-state index contributed by atoms with van der Waals surface area (Å²) in [5, 5.41) is 0. The predicted octanol–water partition coefficient (Wildman–Crippen LogP) is 0.125. The van der Waals surface area contributed by atoms with Crippen molar-refractivity contribution >= 4 is 11.8 Å². The van der Waals surface area contributed by atoms with Crippen molar-refractivity contribution in [2.45, 2.75) is 37.9 Å². The lowest BCUT2D eigenvalue weighted by atomic mass is 9.95. The van der Waals surface area contributed by atoms with Crippen LogP contribution in [0, 0.1) is 11.8 Å². The molecule has 0 aromatic heterocycles. The molecule has 8 heteroatoms. The van der Waals surface area contributed by atoms with Gasteiger partial charge in [0.15, 0.2) is 0 Å². The van der Waals surface area contributed by atoms with Gasteiger partial charge >= 0.3 is 0 Å². The molecule has 3 unspecified atom stereocenters. The fraction of sp³-hybridized carbons (Fsp3) is 0.909. The maximum atomic E-state index is 12.9. The Kier molecular flexibility index (Phi) is 6.67. The average Bonchev–Trinajstić information content (AvgIpc) is 3.31. The Balaban J connectivity index is 1.23. The predicted molar refractivity (Wildman–Crippen MR) is 113 cm³/mol. The van der Waals surface area contributed by atoms with Gasteiger partial charge in [0.25, 0.3) is 0 Å². The molecule has 2 amide bonds. The van der Waals surface area contributed by atoms with Crippen LogP contribution in [0.5, 0.6) is 0 Å². The second kappa shape index (κ2) is 9.10. The zero-order chi connectivity index (χ0) is 21.3. The molecule has 4 aliphatic rings. The van der Waals surface area contributed by atoms with Gasteiger partial charge in [0, 0.05) is 66.0 Å². The Morgan fingerprint density at radius 1 is 1.20 bits per heavy atom. The van der Waals surface area contributed by atoms with Gasteiger partial charge in [0.05, 0.1) is 30.1 Å². The molecule has 0 aliphatic carbocycles. The number of carbonyl (C=O) groups excluding carboxylic acids is 2. The number of hydrogen-bond donors (Lipinski definition) is 0. The van der Waals surface area contributed by atoms with E-state index in [1.54, 1.807) is 7.11 Å². The van der Waals surface area contributed by atoms with E-state index in [4.69, 9.17) is 9.47 Å². The SMILES string of the molecule is COC1CCN(CC2CCN(CCC3(C)CN(C(=O)C4CN(C)C4)CCO3)C2=O)C1. The molecule has 0 spiro atoms. The summed E-state index contributed by atoms with van der Waals surface area (Å²) in [6, 6.07) is 0. The van der Waals surface area contributed by atoms with Gasteiger partial charge < -0.3 is 24.2 Å². The van der Waals surface area contributed by atoms with Crippen molar-refractivity contribution < 1.29 is 19.1 Å². The number of carbonyl (C=O) groups is 2. The zero-order valence-corrected chi connectivity index (χ0v) is 18.8. The molecule has 0 aromatic carbocycles. The Morgan fingerprint density at radius 2 is 2.00 bits per heavy atom. The van der Waals surface area contributed by atoms with Crippen molar-refractivity contribution in [1.82, 2.24) is 19.6 Å². The highest BCUT2D eigenvalue weighted by Crippen LogP contribution is 2.27. The molecule has 3 atom stereocenters. The third kappa shape index (κ3) is 4.82. The molecule has 4 heterocycles. The monoisotopic (exact) mass is 422 g/mol. The van der Waals surface area contributed by atoms with Gasteiger partial charge in [-0.05, 0) is 33.2 Å². The molecular formula is C22H38N4O4. The molecule has 0 saturated carbocycles. The van der Waals surface area contributed by atoms with Crippen LogP contribution in [0.4, 0.5) is 0 Å². The van der Waals surface area contributed by atoms with Crippen molar-refractivity contribution in [1.29, 1.82) is 0 Å². The fourth-order valence-corrected chi connectivity index (χ4v) is 5.42. The molecule has 0 aromatic rings. The standard InChI is InChI=1S/C22H38N4O4/c1-22(16-26(10-11-30-22)21(28)18-12-23(2)13-18)6-9-25-8-4-17(20(25)27)14-24-7-5-19(15-24)29-3/h17-19H,4-16H2,1-3H3. The highest BCUT2D eigenvalue weighted by Gasteiger charge is 2.41. The maximum absolute atomic E-state index is 12.9. The Labute approximate surface area is 180 Å². The first-order chi connectivity index (χ1) is 14.4. The van der Waals surface area contributed by atoms with Crippen LogP contribution >= 0.6 is 0 Å². The zero-order valence-electron chi connectivity index (χ0n) is 18.8. The second-order valence-electron chi connectivity index (χ2n) is 9.94. The lowest BCUT2D eigenvalue weighted by Gasteiger charge is -2.44. The summed E-state index contributed by atoms with van der Waals surface area (Å²) in [6.07, 6.45) is 3.08. The number of ether oxygens (including phenoxy) is 2. The Morgan fingerprint density at radius 3 is 2.70 bits per heavy atom. The van der Waals surface area contributed by atoms with Crippen LogP contribution in [0.1, 0.15) is 26.2 Å². The third-order valence-corrected chi connectivity index (χ3v) is 7.42. The number of likely N-dealkylation sites (tertiary alicyclic amines) is 3. The smallest absolute Gasteiger partial charge is 0.228 e. The first-order valence-electron chi connectivity index (χ1n) is 11.5. The summed E-state index contributed by atoms with van der Waals surface area (Å²) in [5.41, 5.74) is -0.372. The van der Waals surface area contributed by atoms with Crippen molar-refractivity contribution in [3.63, 3.8) is 0 Å². The van der Waals surface area contributed by atoms with E-state index in [2.05, 4.69) is 16.7 Å². The minimum atomic E-state index is -0.372. The van der Waals surface area contributed by atoms with Gasteiger partial charge in [-0.2, -0.15) is 0 Å². The normalized spacial score (nSPS) is 34.0. The average molecular weight is 423 g/mol. The minimum absolute atomic E-state index is 0.106. The van der Waals surface area contributed by atoms with Crippen LogP contribution in [0.3, 0.4) is 0 Å². The summed E-state index contributed by atoms with van der Waals surface area (Å²) in [5.74, 6) is 0.788. The Hall–Kier alpha value is -1.22. The third-order valence-electron chi connectivity index (χ3n) is 7.42. The summed E-state index contributed by atoms with van der Waals surface area (Å²) < 4.78 is 11.5. The second-order valence-corrected chi connectivity index (χ2v) is 9.94. The summed E-state index contributed by atoms with van der Waals surface area (Å²) >= 11 is 0. The van der Waals surface area contributed by atoms with E-state index < -0.39 is 0 Å². The van der Waals surface area contributed by atoms with Gasteiger partial charge in [0.1, 0.15) is 0 Å². The molecule has 0 radical (unpaired) electrons.